The Kier molecular flexibility index (Phi) is 4.44. The van der Waals surface area contributed by atoms with Gasteiger partial charge in [-0.15, -0.1) is 11.3 Å². The Morgan fingerprint density at radius 2 is 2.10 bits per heavy atom. The molecule has 1 heterocycles. The summed E-state index contributed by atoms with van der Waals surface area (Å²) in [6, 6.07) is 0. The van der Waals surface area contributed by atoms with Crippen LogP contribution in [0.25, 0.3) is 0 Å². The summed E-state index contributed by atoms with van der Waals surface area (Å²) in [5, 5.41) is 4.13. The molecular formula is C14H21F3N2S. The number of hydrogen-bond donors (Lipinski definition) is 1. The zero-order valence-corrected chi connectivity index (χ0v) is 12.9. The van der Waals surface area contributed by atoms with Crippen molar-refractivity contribution in [3.8, 4) is 0 Å². The van der Waals surface area contributed by atoms with Crippen LogP contribution in [0.2, 0.25) is 0 Å². The second kappa shape index (κ2) is 5.64. The molecule has 0 aromatic carbocycles. The summed E-state index contributed by atoms with van der Waals surface area (Å²) in [5.41, 5.74) is 0.327. The number of hydrogen-bond acceptors (Lipinski definition) is 3. The second-order valence-corrected chi connectivity index (χ2v) is 6.81. The van der Waals surface area contributed by atoms with Gasteiger partial charge in [0.15, 0.2) is 0 Å². The van der Waals surface area contributed by atoms with Crippen LogP contribution in [0, 0.1) is 19.8 Å². The van der Waals surface area contributed by atoms with E-state index in [0.717, 1.165) is 22.0 Å². The van der Waals surface area contributed by atoms with Crippen LogP contribution in [0.1, 0.15) is 48.2 Å². The Morgan fingerprint density at radius 1 is 1.40 bits per heavy atom. The van der Waals surface area contributed by atoms with Gasteiger partial charge in [0.2, 0.25) is 0 Å². The van der Waals surface area contributed by atoms with Crippen molar-refractivity contribution in [2.24, 2.45) is 5.92 Å². The molecule has 0 radical (unpaired) electrons. The number of aryl methyl sites for hydroxylation is 2. The molecule has 1 aliphatic rings. The van der Waals surface area contributed by atoms with E-state index in [9.17, 15) is 13.2 Å². The number of nitrogens with one attached hydrogen (secondary N) is 1. The van der Waals surface area contributed by atoms with E-state index in [-0.39, 0.29) is 12.8 Å². The average molecular weight is 306 g/mol. The first kappa shape index (κ1) is 15.8. The minimum absolute atomic E-state index is 0.108. The predicted molar refractivity (Wildman–Crippen MR) is 75.0 cm³/mol. The van der Waals surface area contributed by atoms with Crippen LogP contribution in [0.15, 0.2) is 0 Å². The van der Waals surface area contributed by atoms with Gasteiger partial charge in [0.25, 0.3) is 0 Å². The molecular weight excluding hydrogens is 285 g/mol. The van der Waals surface area contributed by atoms with Gasteiger partial charge in [-0.25, -0.2) is 4.98 Å². The first-order chi connectivity index (χ1) is 9.28. The molecule has 0 amide bonds. The lowest BCUT2D eigenvalue weighted by Crippen LogP contribution is -2.48. The molecule has 114 valence electrons. The van der Waals surface area contributed by atoms with Crippen molar-refractivity contribution in [3.05, 3.63) is 15.6 Å². The normalized spacial score (nSPS) is 27.8. The number of nitrogens with zero attached hydrogens (tertiary/aromatic N) is 1. The average Bonchev–Trinajstić information content (AvgIpc) is 2.70. The Morgan fingerprint density at radius 3 is 2.60 bits per heavy atom. The van der Waals surface area contributed by atoms with Crippen LogP contribution in [0.3, 0.4) is 0 Å². The Hall–Kier alpha value is -0.620. The molecule has 1 N–H and O–H groups in total. The zero-order valence-electron chi connectivity index (χ0n) is 12.1. The van der Waals surface area contributed by atoms with Crippen molar-refractivity contribution in [2.45, 2.75) is 58.2 Å². The molecule has 1 saturated carbocycles. The predicted octanol–water partition coefficient (Wildman–Crippen LogP) is 4.32. The van der Waals surface area contributed by atoms with E-state index in [2.05, 4.69) is 10.3 Å². The van der Waals surface area contributed by atoms with Gasteiger partial charge >= 0.3 is 6.18 Å². The maximum atomic E-state index is 13.1. The van der Waals surface area contributed by atoms with Crippen molar-refractivity contribution in [1.29, 1.82) is 0 Å². The molecule has 0 saturated heterocycles. The molecule has 1 aromatic heterocycles. The number of alkyl halides is 3. The molecule has 2 rings (SSSR count). The highest BCUT2D eigenvalue weighted by molar-refractivity contribution is 7.11. The first-order valence-electron chi connectivity index (χ1n) is 7.05. The lowest BCUT2D eigenvalue weighted by atomic mass is 9.75. The molecule has 1 aliphatic carbocycles. The van der Waals surface area contributed by atoms with Crippen molar-refractivity contribution >= 4 is 11.3 Å². The van der Waals surface area contributed by atoms with Crippen LogP contribution in [-0.2, 0) is 5.54 Å². The summed E-state index contributed by atoms with van der Waals surface area (Å²) in [7, 11) is 0. The van der Waals surface area contributed by atoms with Gasteiger partial charge in [-0.1, -0.05) is 13.3 Å². The molecule has 0 spiro atoms. The molecule has 2 atom stereocenters. The molecule has 0 aliphatic heterocycles. The van der Waals surface area contributed by atoms with Gasteiger partial charge in [0.05, 0.1) is 17.2 Å². The fourth-order valence-electron chi connectivity index (χ4n) is 3.00. The fraction of sp³-hybridized carbons (Fsp3) is 0.786. The van der Waals surface area contributed by atoms with Gasteiger partial charge in [-0.05, 0) is 39.7 Å². The number of aromatic nitrogens is 1. The maximum Gasteiger partial charge on any atom is 0.391 e. The summed E-state index contributed by atoms with van der Waals surface area (Å²) in [6.45, 7) is 6.48. The van der Waals surface area contributed by atoms with E-state index in [4.69, 9.17) is 0 Å². The van der Waals surface area contributed by atoms with E-state index in [1.165, 1.54) is 11.3 Å². The monoisotopic (exact) mass is 306 g/mol. The Bertz CT molecular complexity index is 446. The summed E-state index contributed by atoms with van der Waals surface area (Å²) < 4.78 is 39.2. The number of thiazole rings is 1. The molecule has 2 nitrogen and oxygen atoms in total. The molecule has 1 fully saturated rings. The van der Waals surface area contributed by atoms with E-state index in [1.807, 2.05) is 20.8 Å². The van der Waals surface area contributed by atoms with E-state index >= 15 is 0 Å². The highest BCUT2D eigenvalue weighted by atomic mass is 32.1. The van der Waals surface area contributed by atoms with Crippen molar-refractivity contribution in [2.75, 3.05) is 6.54 Å². The summed E-state index contributed by atoms with van der Waals surface area (Å²) in [6.07, 6.45) is -2.44. The number of halogens is 3. The van der Waals surface area contributed by atoms with E-state index < -0.39 is 17.6 Å². The van der Waals surface area contributed by atoms with Crippen LogP contribution in [0.4, 0.5) is 13.2 Å². The minimum atomic E-state index is -4.11. The lowest BCUT2D eigenvalue weighted by molar-refractivity contribution is -0.189. The molecule has 2 unspecified atom stereocenters. The molecule has 1 aromatic rings. The van der Waals surface area contributed by atoms with Crippen LogP contribution < -0.4 is 5.32 Å². The second-order valence-electron chi connectivity index (χ2n) is 5.61. The third kappa shape index (κ3) is 3.01. The highest BCUT2D eigenvalue weighted by Crippen LogP contribution is 2.47. The fourth-order valence-corrected chi connectivity index (χ4v) is 4.12. The van der Waals surface area contributed by atoms with Gasteiger partial charge in [0, 0.05) is 4.88 Å². The van der Waals surface area contributed by atoms with Gasteiger partial charge in [0.1, 0.15) is 5.01 Å². The largest absolute Gasteiger partial charge is 0.391 e. The third-order valence-electron chi connectivity index (χ3n) is 4.17. The topological polar surface area (TPSA) is 24.9 Å². The van der Waals surface area contributed by atoms with Gasteiger partial charge in [-0.3, -0.25) is 0 Å². The van der Waals surface area contributed by atoms with Gasteiger partial charge < -0.3 is 5.32 Å². The van der Waals surface area contributed by atoms with Crippen LogP contribution >= 0.6 is 11.3 Å². The highest BCUT2D eigenvalue weighted by Gasteiger charge is 2.49. The zero-order chi connectivity index (χ0) is 15.0. The lowest BCUT2D eigenvalue weighted by Gasteiger charge is -2.40. The molecule has 20 heavy (non-hydrogen) atoms. The van der Waals surface area contributed by atoms with Crippen LogP contribution in [0.5, 0.6) is 0 Å². The van der Waals surface area contributed by atoms with Crippen molar-refractivity contribution in [1.82, 2.24) is 10.3 Å². The van der Waals surface area contributed by atoms with E-state index in [0.29, 0.717) is 13.0 Å². The smallest absolute Gasteiger partial charge is 0.306 e. The minimum Gasteiger partial charge on any atom is -0.306 e. The van der Waals surface area contributed by atoms with Crippen molar-refractivity contribution < 1.29 is 13.2 Å². The Labute approximate surface area is 121 Å². The number of rotatable bonds is 3. The quantitative estimate of drug-likeness (QED) is 0.899. The first-order valence-corrected chi connectivity index (χ1v) is 7.86. The van der Waals surface area contributed by atoms with Crippen molar-refractivity contribution in [3.63, 3.8) is 0 Å². The van der Waals surface area contributed by atoms with Crippen LogP contribution in [-0.4, -0.2) is 17.7 Å². The summed E-state index contributed by atoms with van der Waals surface area (Å²) in [5.74, 6) is -1.22. The standard InChI is InChI=1S/C14H21F3N2S/c1-4-18-13(12-19-9(2)10(3)20-12)7-5-6-11(8-13)14(15,16)17/h11,18H,4-8H2,1-3H3. The maximum absolute atomic E-state index is 13.1. The third-order valence-corrected chi connectivity index (χ3v) is 5.44. The SMILES string of the molecule is CCNC1(c2nc(C)c(C)s2)CCCC(C(F)(F)F)C1. The summed E-state index contributed by atoms with van der Waals surface area (Å²) >= 11 is 1.53. The molecule has 6 heteroatoms. The Balaban J connectivity index is 2.34. The van der Waals surface area contributed by atoms with E-state index in [1.54, 1.807) is 0 Å². The summed E-state index contributed by atoms with van der Waals surface area (Å²) in [4.78, 5) is 5.62. The molecule has 0 bridgehead atoms. The van der Waals surface area contributed by atoms with Gasteiger partial charge in [-0.2, -0.15) is 13.2 Å².